The molecule has 1 aliphatic rings. The number of aryl methyl sites for hydroxylation is 1. The lowest BCUT2D eigenvalue weighted by Crippen LogP contribution is -2.22. The minimum Gasteiger partial charge on any atom is -0.462 e. The molecule has 0 fully saturated rings. The van der Waals surface area contributed by atoms with Crippen LogP contribution >= 0.6 is 11.3 Å². The number of fused-ring (bicyclic) bond motifs is 1. The van der Waals surface area contributed by atoms with Gasteiger partial charge in [-0.15, -0.1) is 11.3 Å². The third kappa shape index (κ3) is 4.74. The highest BCUT2D eigenvalue weighted by atomic mass is 32.1. The number of thiophene rings is 1. The van der Waals surface area contributed by atoms with Crippen molar-refractivity contribution < 1.29 is 23.9 Å². The zero-order valence-electron chi connectivity index (χ0n) is 15.1. The van der Waals surface area contributed by atoms with Crippen molar-refractivity contribution in [2.24, 2.45) is 0 Å². The van der Waals surface area contributed by atoms with E-state index in [9.17, 15) is 14.4 Å². The molecule has 0 radical (unpaired) electrons. The first-order valence-corrected chi connectivity index (χ1v) is 9.71. The molecule has 6 nitrogen and oxygen atoms in total. The number of nitrogens with one attached hydrogen (secondary N) is 1. The predicted octanol–water partition coefficient (Wildman–Crippen LogP) is 3.14. The molecule has 0 spiro atoms. The van der Waals surface area contributed by atoms with Gasteiger partial charge in [0.25, 0.3) is 5.91 Å². The summed E-state index contributed by atoms with van der Waals surface area (Å²) in [4.78, 5) is 37.5. The first kappa shape index (κ1) is 19.1. The van der Waals surface area contributed by atoms with E-state index in [4.69, 9.17) is 9.47 Å². The van der Waals surface area contributed by atoms with Gasteiger partial charge in [-0.05, 0) is 37.3 Å². The Morgan fingerprint density at radius 3 is 2.63 bits per heavy atom. The maximum atomic E-state index is 12.3. The fraction of sp³-hybridized carbons (Fsp3) is 0.350. The van der Waals surface area contributed by atoms with Crippen molar-refractivity contribution in [2.75, 3.05) is 18.5 Å². The van der Waals surface area contributed by atoms with Crippen molar-refractivity contribution in [2.45, 2.75) is 32.6 Å². The Balaban J connectivity index is 1.59. The van der Waals surface area contributed by atoms with E-state index in [2.05, 4.69) is 5.32 Å². The van der Waals surface area contributed by atoms with Crippen molar-refractivity contribution in [1.82, 2.24) is 0 Å². The van der Waals surface area contributed by atoms with Gasteiger partial charge in [0.05, 0.1) is 18.6 Å². The Morgan fingerprint density at radius 1 is 1.11 bits per heavy atom. The second-order valence-electron chi connectivity index (χ2n) is 6.15. The number of carbonyl (C=O) groups excluding carboxylic acids is 3. The van der Waals surface area contributed by atoms with E-state index in [0.29, 0.717) is 10.6 Å². The van der Waals surface area contributed by atoms with Gasteiger partial charge in [-0.3, -0.25) is 9.59 Å². The number of hydrogen-bond acceptors (Lipinski definition) is 6. The number of carbonyl (C=O) groups is 3. The van der Waals surface area contributed by atoms with E-state index < -0.39 is 24.5 Å². The molecule has 1 N–H and O–H groups in total. The summed E-state index contributed by atoms with van der Waals surface area (Å²) in [5.74, 6) is -1.37. The van der Waals surface area contributed by atoms with E-state index in [1.54, 1.807) is 6.92 Å². The van der Waals surface area contributed by atoms with Gasteiger partial charge >= 0.3 is 11.9 Å². The summed E-state index contributed by atoms with van der Waals surface area (Å²) in [6.07, 6.45) is 2.81. The largest absolute Gasteiger partial charge is 0.462 e. The molecule has 1 aliphatic carbocycles. The second kappa shape index (κ2) is 8.81. The van der Waals surface area contributed by atoms with E-state index in [0.717, 1.165) is 35.3 Å². The lowest BCUT2D eigenvalue weighted by molar-refractivity contribution is -0.146. The van der Waals surface area contributed by atoms with Gasteiger partial charge in [-0.25, -0.2) is 4.79 Å². The topological polar surface area (TPSA) is 81.7 Å². The highest BCUT2D eigenvalue weighted by Crippen LogP contribution is 2.39. The quantitative estimate of drug-likeness (QED) is 0.738. The molecule has 0 aliphatic heterocycles. The Morgan fingerprint density at radius 2 is 1.89 bits per heavy atom. The summed E-state index contributed by atoms with van der Waals surface area (Å²) >= 11 is 1.39. The van der Waals surface area contributed by atoms with Crippen LogP contribution < -0.4 is 5.32 Å². The molecule has 0 bridgehead atoms. The molecule has 27 heavy (non-hydrogen) atoms. The number of esters is 2. The minimum atomic E-state index is -0.476. The van der Waals surface area contributed by atoms with Gasteiger partial charge in [0.1, 0.15) is 5.00 Å². The van der Waals surface area contributed by atoms with Gasteiger partial charge in [-0.1, -0.05) is 30.3 Å². The Bertz CT molecular complexity index is 844. The molecular weight excluding hydrogens is 366 g/mol. The first-order chi connectivity index (χ1) is 13.1. The Hall–Kier alpha value is -2.67. The molecule has 0 saturated heterocycles. The van der Waals surface area contributed by atoms with Crippen LogP contribution in [0, 0.1) is 0 Å². The van der Waals surface area contributed by atoms with E-state index in [1.807, 2.05) is 30.3 Å². The van der Waals surface area contributed by atoms with Crippen molar-refractivity contribution in [3.8, 4) is 0 Å². The number of rotatable bonds is 7. The standard InChI is InChI=1S/C20H21NO5S/c1-2-25-20(24)18-14-9-6-10-15(14)27-19(18)21-16(22)12-26-17(23)11-13-7-4-3-5-8-13/h3-5,7-8H,2,6,9-12H2,1H3,(H,21,22). The zero-order chi connectivity index (χ0) is 19.2. The molecule has 142 valence electrons. The Labute approximate surface area is 161 Å². The van der Waals surface area contributed by atoms with E-state index >= 15 is 0 Å². The molecule has 2 aromatic rings. The lowest BCUT2D eigenvalue weighted by atomic mass is 10.1. The van der Waals surface area contributed by atoms with Crippen molar-refractivity contribution in [3.63, 3.8) is 0 Å². The minimum absolute atomic E-state index is 0.107. The van der Waals surface area contributed by atoms with Crippen LogP contribution in [-0.2, 0) is 38.3 Å². The smallest absolute Gasteiger partial charge is 0.341 e. The van der Waals surface area contributed by atoms with Crippen LogP contribution in [0.25, 0.3) is 0 Å². The fourth-order valence-corrected chi connectivity index (χ4v) is 4.33. The maximum Gasteiger partial charge on any atom is 0.341 e. The summed E-state index contributed by atoms with van der Waals surface area (Å²) in [5, 5.41) is 3.17. The summed E-state index contributed by atoms with van der Waals surface area (Å²) in [5.41, 5.74) is 2.23. The van der Waals surface area contributed by atoms with E-state index in [1.165, 1.54) is 11.3 Å². The molecule has 0 unspecified atom stereocenters. The third-order valence-electron chi connectivity index (χ3n) is 4.21. The van der Waals surface area contributed by atoms with Crippen LogP contribution in [0.15, 0.2) is 30.3 Å². The average Bonchev–Trinajstić information content (AvgIpc) is 3.21. The second-order valence-corrected chi connectivity index (χ2v) is 7.26. The van der Waals surface area contributed by atoms with Crippen molar-refractivity contribution >= 4 is 34.2 Å². The molecule has 7 heteroatoms. The number of anilines is 1. The van der Waals surface area contributed by atoms with Crippen LogP contribution in [0.4, 0.5) is 5.00 Å². The SMILES string of the molecule is CCOC(=O)c1c(NC(=O)COC(=O)Cc2ccccc2)sc2c1CCC2. The number of amides is 1. The fourth-order valence-electron chi connectivity index (χ4n) is 3.03. The highest BCUT2D eigenvalue weighted by molar-refractivity contribution is 7.17. The Kier molecular flexibility index (Phi) is 6.24. The molecular formula is C20H21NO5S. The van der Waals surface area contributed by atoms with Crippen molar-refractivity contribution in [3.05, 3.63) is 51.9 Å². The molecule has 1 heterocycles. The lowest BCUT2D eigenvalue weighted by Gasteiger charge is -2.08. The number of benzene rings is 1. The highest BCUT2D eigenvalue weighted by Gasteiger charge is 2.28. The molecule has 1 aromatic heterocycles. The molecule has 0 saturated carbocycles. The summed E-state index contributed by atoms with van der Waals surface area (Å²) in [7, 11) is 0. The van der Waals surface area contributed by atoms with Gasteiger partial charge < -0.3 is 14.8 Å². The van der Waals surface area contributed by atoms with Crippen LogP contribution in [0.5, 0.6) is 0 Å². The first-order valence-electron chi connectivity index (χ1n) is 8.89. The molecule has 0 atom stereocenters. The molecule has 1 aromatic carbocycles. The number of hydrogen-bond donors (Lipinski definition) is 1. The summed E-state index contributed by atoms with van der Waals surface area (Å²) < 4.78 is 10.2. The molecule has 3 rings (SSSR count). The molecule has 1 amide bonds. The van der Waals surface area contributed by atoms with Crippen LogP contribution in [0.3, 0.4) is 0 Å². The van der Waals surface area contributed by atoms with Crippen LogP contribution in [0.2, 0.25) is 0 Å². The zero-order valence-corrected chi connectivity index (χ0v) is 15.9. The van der Waals surface area contributed by atoms with Gasteiger partial charge in [0, 0.05) is 4.88 Å². The van der Waals surface area contributed by atoms with Crippen LogP contribution in [0.1, 0.15) is 39.7 Å². The van der Waals surface area contributed by atoms with Gasteiger partial charge in [0.15, 0.2) is 6.61 Å². The predicted molar refractivity (Wildman–Crippen MR) is 102 cm³/mol. The number of ether oxygens (including phenoxy) is 2. The normalized spacial score (nSPS) is 12.3. The van der Waals surface area contributed by atoms with Gasteiger partial charge in [0.2, 0.25) is 0 Å². The average molecular weight is 387 g/mol. The monoisotopic (exact) mass is 387 g/mol. The summed E-state index contributed by atoms with van der Waals surface area (Å²) in [6, 6.07) is 9.17. The van der Waals surface area contributed by atoms with Crippen LogP contribution in [-0.4, -0.2) is 31.1 Å². The maximum absolute atomic E-state index is 12.3. The van der Waals surface area contributed by atoms with E-state index in [-0.39, 0.29) is 13.0 Å². The summed E-state index contributed by atoms with van der Waals surface area (Å²) in [6.45, 7) is 1.62. The van der Waals surface area contributed by atoms with Gasteiger partial charge in [-0.2, -0.15) is 0 Å². The van der Waals surface area contributed by atoms with Crippen molar-refractivity contribution in [1.29, 1.82) is 0 Å². The third-order valence-corrected chi connectivity index (χ3v) is 5.42.